The highest BCUT2D eigenvalue weighted by Crippen LogP contribution is 2.55. The molecule has 31 heavy (non-hydrogen) atoms. The number of phenols is 1. The maximum atomic E-state index is 12.0. The van der Waals surface area contributed by atoms with Crippen molar-refractivity contribution in [3.63, 3.8) is 0 Å². The van der Waals surface area contributed by atoms with Crippen LogP contribution in [-0.2, 0) is 21.0 Å². The summed E-state index contributed by atoms with van der Waals surface area (Å²) in [5.41, 5.74) is 5.24. The third-order valence-electron chi connectivity index (χ3n) is 5.71. The Morgan fingerprint density at radius 3 is 2.45 bits per heavy atom. The van der Waals surface area contributed by atoms with Crippen LogP contribution in [0.15, 0.2) is 48.2 Å². The third-order valence-corrected chi connectivity index (χ3v) is 5.71. The molecule has 0 saturated heterocycles. The number of nitro groups is 1. The summed E-state index contributed by atoms with van der Waals surface area (Å²) in [4.78, 5) is 39.6. The largest absolute Gasteiger partial charge is 0.508 e. The van der Waals surface area contributed by atoms with Crippen molar-refractivity contribution in [1.82, 2.24) is 5.48 Å². The van der Waals surface area contributed by atoms with Gasteiger partial charge < -0.3 is 15.3 Å². The van der Waals surface area contributed by atoms with Gasteiger partial charge in [0.2, 0.25) is 0 Å². The second-order valence-corrected chi connectivity index (χ2v) is 7.47. The van der Waals surface area contributed by atoms with Crippen LogP contribution >= 0.6 is 0 Å². The van der Waals surface area contributed by atoms with Crippen LogP contribution in [-0.4, -0.2) is 32.2 Å². The minimum absolute atomic E-state index is 0.0481. The summed E-state index contributed by atoms with van der Waals surface area (Å²) in [5, 5.41) is 40.1. The van der Waals surface area contributed by atoms with Gasteiger partial charge in [0, 0.05) is 23.7 Å². The minimum Gasteiger partial charge on any atom is -0.508 e. The predicted molar refractivity (Wildman–Crippen MR) is 106 cm³/mol. The van der Waals surface area contributed by atoms with Crippen molar-refractivity contribution >= 4 is 23.2 Å². The number of nitro benzene ring substituents is 1. The lowest BCUT2D eigenvalue weighted by Crippen LogP contribution is -2.44. The van der Waals surface area contributed by atoms with Gasteiger partial charge in [0.05, 0.1) is 23.4 Å². The first kappa shape index (κ1) is 20.4. The van der Waals surface area contributed by atoms with Crippen molar-refractivity contribution in [2.24, 2.45) is 11.8 Å². The smallest absolute Gasteiger partial charge is 0.311 e. The molecule has 0 heterocycles. The van der Waals surface area contributed by atoms with Crippen LogP contribution < -0.4 is 5.48 Å². The molecule has 3 aliphatic carbocycles. The van der Waals surface area contributed by atoms with Crippen molar-refractivity contribution < 1.29 is 34.7 Å². The fourth-order valence-electron chi connectivity index (χ4n) is 4.40. The Balaban J connectivity index is 1.64. The number of carboxylic acids is 2. The number of nitrogens with one attached hydrogen (secondary N) is 1. The highest BCUT2D eigenvalue weighted by Gasteiger charge is 2.52. The highest BCUT2D eigenvalue weighted by atomic mass is 16.6. The average Bonchev–Trinajstić information content (AvgIpc) is 2.73. The van der Waals surface area contributed by atoms with Gasteiger partial charge in [-0.3, -0.25) is 30.0 Å². The van der Waals surface area contributed by atoms with Gasteiger partial charge in [-0.2, -0.15) is 0 Å². The van der Waals surface area contributed by atoms with Crippen molar-refractivity contribution in [2.75, 3.05) is 0 Å². The van der Waals surface area contributed by atoms with E-state index in [2.05, 4.69) is 5.48 Å². The van der Waals surface area contributed by atoms with Gasteiger partial charge in [0.1, 0.15) is 5.75 Å². The summed E-state index contributed by atoms with van der Waals surface area (Å²) in [6.07, 6.45) is 0.244. The molecule has 0 spiro atoms. The first-order valence-electron chi connectivity index (χ1n) is 9.41. The van der Waals surface area contributed by atoms with E-state index in [-0.39, 0.29) is 30.0 Å². The Morgan fingerprint density at radius 1 is 1.13 bits per heavy atom. The number of carboxylic acid groups (broad SMARTS) is 2. The van der Waals surface area contributed by atoms with Crippen molar-refractivity contribution in [1.29, 1.82) is 0 Å². The van der Waals surface area contributed by atoms with Crippen LogP contribution in [0.3, 0.4) is 0 Å². The van der Waals surface area contributed by atoms with Crippen LogP contribution in [0.4, 0.5) is 5.69 Å². The summed E-state index contributed by atoms with van der Waals surface area (Å²) >= 11 is 0. The van der Waals surface area contributed by atoms with Crippen LogP contribution in [0.1, 0.15) is 29.0 Å². The van der Waals surface area contributed by atoms with Crippen LogP contribution in [0, 0.1) is 22.0 Å². The second kappa shape index (κ2) is 7.73. The summed E-state index contributed by atoms with van der Waals surface area (Å²) in [6.45, 7) is 0.0481. The molecule has 3 atom stereocenters. The SMILES string of the molecule is O=C(O)C1C2=C(NOCc3ccc([N+](=O)[O-])cc3)CC(c3ccc(O)cc32)C1C(=O)O. The number of aromatic hydroxyl groups is 1. The first-order valence-corrected chi connectivity index (χ1v) is 9.41. The van der Waals surface area contributed by atoms with E-state index in [9.17, 15) is 35.0 Å². The van der Waals surface area contributed by atoms with Crippen LogP contribution in [0.2, 0.25) is 0 Å². The standard InChI is InChI=1S/C21H18N2O8/c24-12-5-6-13-14(7-12)17-16(8-15(13)18(20(25)26)19(17)21(27)28)22-31-9-10-1-3-11(4-2-10)23(29)30/h1-7,15,18-19,22,24H,8-9H2,(H,25,26)(H,27,28). The lowest BCUT2D eigenvalue weighted by atomic mass is 9.60. The molecule has 3 unspecified atom stereocenters. The Labute approximate surface area is 175 Å². The number of aliphatic carboxylic acids is 2. The van der Waals surface area contributed by atoms with Crippen molar-refractivity contribution in [3.05, 3.63) is 75.0 Å². The fraction of sp³-hybridized carbons (Fsp3) is 0.238. The van der Waals surface area contributed by atoms with Crippen LogP contribution in [0.5, 0.6) is 5.75 Å². The molecule has 10 heteroatoms. The number of rotatable bonds is 7. The molecule has 2 bridgehead atoms. The van der Waals surface area contributed by atoms with Gasteiger partial charge in [-0.25, -0.2) is 0 Å². The molecule has 160 valence electrons. The van der Waals surface area contributed by atoms with E-state index in [4.69, 9.17) is 4.84 Å². The number of hydrogen-bond acceptors (Lipinski definition) is 7. The number of allylic oxidation sites excluding steroid dienone is 1. The molecule has 0 saturated carbocycles. The molecular weight excluding hydrogens is 408 g/mol. The molecule has 2 aromatic carbocycles. The maximum absolute atomic E-state index is 12.0. The van der Waals surface area contributed by atoms with E-state index in [1.54, 1.807) is 18.2 Å². The number of nitrogens with zero attached hydrogens (tertiary/aromatic N) is 1. The van der Waals surface area contributed by atoms with Gasteiger partial charge in [0.25, 0.3) is 5.69 Å². The molecule has 0 amide bonds. The van der Waals surface area contributed by atoms with Crippen molar-refractivity contribution in [3.8, 4) is 5.75 Å². The summed E-state index contributed by atoms with van der Waals surface area (Å²) in [5.74, 6) is -5.55. The second-order valence-electron chi connectivity index (χ2n) is 7.47. The Kier molecular flexibility index (Phi) is 5.07. The summed E-state index contributed by atoms with van der Waals surface area (Å²) in [7, 11) is 0. The third kappa shape index (κ3) is 3.57. The van der Waals surface area contributed by atoms with E-state index in [1.807, 2.05) is 0 Å². The van der Waals surface area contributed by atoms with Gasteiger partial charge in [0.15, 0.2) is 0 Å². The predicted octanol–water partition coefficient (Wildman–Crippen LogP) is 2.64. The quantitative estimate of drug-likeness (QED) is 0.385. The topological polar surface area (TPSA) is 159 Å². The molecule has 0 fully saturated rings. The van der Waals surface area contributed by atoms with E-state index in [0.717, 1.165) is 0 Å². The number of fused-ring (bicyclic) bond motifs is 2. The number of phenolic OH excluding ortho intramolecular Hbond substituents is 1. The molecule has 0 radical (unpaired) electrons. The zero-order chi connectivity index (χ0) is 22.3. The number of hydrogen-bond donors (Lipinski definition) is 4. The number of carbonyl (C=O) groups is 2. The summed E-state index contributed by atoms with van der Waals surface area (Å²) in [6, 6.07) is 10.3. The van der Waals surface area contributed by atoms with Gasteiger partial charge in [-0.15, -0.1) is 0 Å². The maximum Gasteiger partial charge on any atom is 0.311 e. The van der Waals surface area contributed by atoms with E-state index in [0.29, 0.717) is 22.4 Å². The lowest BCUT2D eigenvalue weighted by molar-refractivity contribution is -0.384. The Bertz CT molecular complexity index is 1110. The Hall–Kier alpha value is -3.92. The normalized spacial score (nSPS) is 21.5. The van der Waals surface area contributed by atoms with Gasteiger partial charge >= 0.3 is 11.9 Å². The zero-order valence-corrected chi connectivity index (χ0v) is 16.0. The number of hydroxylamine groups is 1. The monoisotopic (exact) mass is 426 g/mol. The van der Waals surface area contributed by atoms with Crippen LogP contribution in [0.25, 0.3) is 5.57 Å². The summed E-state index contributed by atoms with van der Waals surface area (Å²) < 4.78 is 0. The van der Waals surface area contributed by atoms with Gasteiger partial charge in [-0.05, 0) is 52.9 Å². The molecule has 0 aromatic heterocycles. The Morgan fingerprint density at radius 2 is 1.84 bits per heavy atom. The molecule has 10 nitrogen and oxygen atoms in total. The molecule has 5 rings (SSSR count). The molecule has 4 N–H and O–H groups in total. The fourth-order valence-corrected chi connectivity index (χ4v) is 4.40. The number of non-ortho nitro benzene ring substituents is 1. The molecule has 2 aromatic rings. The van der Waals surface area contributed by atoms with E-state index < -0.39 is 34.6 Å². The van der Waals surface area contributed by atoms with Gasteiger partial charge in [-0.1, -0.05) is 6.07 Å². The first-order chi connectivity index (χ1) is 14.8. The van der Waals surface area contributed by atoms with E-state index >= 15 is 0 Å². The number of benzene rings is 2. The lowest BCUT2D eigenvalue weighted by Gasteiger charge is -2.43. The van der Waals surface area contributed by atoms with Crippen molar-refractivity contribution in [2.45, 2.75) is 18.9 Å². The molecular formula is C21H18N2O8. The average molecular weight is 426 g/mol. The minimum atomic E-state index is -1.30. The zero-order valence-electron chi connectivity index (χ0n) is 16.0. The molecule has 0 aliphatic heterocycles. The highest BCUT2D eigenvalue weighted by molar-refractivity contribution is 5.97. The van der Waals surface area contributed by atoms with E-state index in [1.165, 1.54) is 24.3 Å². The molecule has 3 aliphatic rings.